The van der Waals surface area contributed by atoms with E-state index in [1.54, 1.807) is 19.9 Å². The summed E-state index contributed by atoms with van der Waals surface area (Å²) in [6.45, 7) is 3.30. The van der Waals surface area contributed by atoms with Crippen LogP contribution >= 0.6 is 11.6 Å². The Bertz CT molecular complexity index is 326. The number of nitrogens with two attached hydrogens (primary N) is 1. The van der Waals surface area contributed by atoms with E-state index in [4.69, 9.17) is 22.4 Å². The number of phenolic OH excluding ortho intramolecular Hbond substituents is 1. The van der Waals surface area contributed by atoms with Gasteiger partial charge in [0, 0.05) is 10.6 Å². The molecular formula is C10H14ClNO2. The van der Waals surface area contributed by atoms with Crippen molar-refractivity contribution in [3.05, 3.63) is 27.8 Å². The Hall–Kier alpha value is -0.770. The molecule has 0 amide bonds. The standard InChI is InChI=1S/C10H14ClNO2/c1-5-3-7(11)6(2)9(10(5)14)8(12)4-13/h3,8,13-14H,4,12H2,1-2H3/t8-/m1/s1. The molecule has 4 heteroatoms. The number of benzene rings is 1. The minimum Gasteiger partial charge on any atom is -0.507 e. The van der Waals surface area contributed by atoms with E-state index in [2.05, 4.69) is 0 Å². The van der Waals surface area contributed by atoms with Crippen molar-refractivity contribution in [2.75, 3.05) is 6.61 Å². The van der Waals surface area contributed by atoms with Crippen LogP contribution in [0.5, 0.6) is 5.75 Å². The van der Waals surface area contributed by atoms with Gasteiger partial charge in [0.15, 0.2) is 0 Å². The van der Waals surface area contributed by atoms with E-state index in [1.165, 1.54) is 0 Å². The fourth-order valence-corrected chi connectivity index (χ4v) is 1.70. The zero-order valence-electron chi connectivity index (χ0n) is 8.21. The molecule has 0 unspecified atom stereocenters. The van der Waals surface area contributed by atoms with Gasteiger partial charge in [0.25, 0.3) is 0 Å². The molecule has 0 fully saturated rings. The third-order valence-electron chi connectivity index (χ3n) is 2.30. The highest BCUT2D eigenvalue weighted by atomic mass is 35.5. The molecule has 78 valence electrons. The molecule has 1 rings (SSSR count). The maximum atomic E-state index is 9.75. The quantitative estimate of drug-likeness (QED) is 0.703. The van der Waals surface area contributed by atoms with Crippen LogP contribution in [0.3, 0.4) is 0 Å². The first-order valence-corrected chi connectivity index (χ1v) is 4.71. The number of aromatic hydroxyl groups is 1. The molecule has 0 saturated carbocycles. The maximum absolute atomic E-state index is 9.75. The number of hydrogen-bond acceptors (Lipinski definition) is 3. The highest BCUT2D eigenvalue weighted by Crippen LogP contribution is 2.34. The van der Waals surface area contributed by atoms with E-state index < -0.39 is 6.04 Å². The Balaban J connectivity index is 3.39. The van der Waals surface area contributed by atoms with Gasteiger partial charge in [-0.3, -0.25) is 0 Å². The van der Waals surface area contributed by atoms with E-state index in [1.807, 2.05) is 0 Å². The molecule has 1 aromatic carbocycles. The second-order valence-electron chi connectivity index (χ2n) is 3.35. The monoisotopic (exact) mass is 215 g/mol. The van der Waals surface area contributed by atoms with Crippen LogP contribution in [0, 0.1) is 13.8 Å². The highest BCUT2D eigenvalue weighted by molar-refractivity contribution is 6.31. The molecule has 0 bridgehead atoms. The number of aryl methyl sites for hydroxylation is 1. The van der Waals surface area contributed by atoms with E-state index >= 15 is 0 Å². The van der Waals surface area contributed by atoms with Gasteiger partial charge in [-0.15, -0.1) is 0 Å². The van der Waals surface area contributed by atoms with Gasteiger partial charge in [-0.25, -0.2) is 0 Å². The number of aliphatic hydroxyl groups is 1. The summed E-state index contributed by atoms with van der Waals surface area (Å²) in [7, 11) is 0. The molecule has 0 radical (unpaired) electrons. The average Bonchev–Trinajstić information content (AvgIpc) is 2.15. The molecule has 4 N–H and O–H groups in total. The molecule has 0 saturated heterocycles. The van der Waals surface area contributed by atoms with Crippen LogP contribution in [-0.4, -0.2) is 16.8 Å². The number of halogens is 1. The lowest BCUT2D eigenvalue weighted by Crippen LogP contribution is -2.16. The Morgan fingerprint density at radius 2 is 2.07 bits per heavy atom. The zero-order chi connectivity index (χ0) is 10.9. The first-order chi connectivity index (χ1) is 6.49. The van der Waals surface area contributed by atoms with Crippen LogP contribution in [-0.2, 0) is 0 Å². The molecule has 14 heavy (non-hydrogen) atoms. The summed E-state index contributed by atoms with van der Waals surface area (Å²) in [6, 6.07) is 1.09. The van der Waals surface area contributed by atoms with Crippen LogP contribution < -0.4 is 5.73 Å². The Labute approximate surface area is 88.1 Å². The average molecular weight is 216 g/mol. The van der Waals surface area contributed by atoms with Crippen molar-refractivity contribution in [3.8, 4) is 5.75 Å². The second-order valence-corrected chi connectivity index (χ2v) is 3.76. The molecular weight excluding hydrogens is 202 g/mol. The molecule has 0 aliphatic heterocycles. The van der Waals surface area contributed by atoms with Crippen molar-refractivity contribution in [3.63, 3.8) is 0 Å². The summed E-state index contributed by atoms with van der Waals surface area (Å²) in [6.07, 6.45) is 0. The molecule has 0 spiro atoms. The lowest BCUT2D eigenvalue weighted by Gasteiger charge is -2.16. The van der Waals surface area contributed by atoms with Crippen molar-refractivity contribution in [1.82, 2.24) is 0 Å². The topological polar surface area (TPSA) is 66.5 Å². The van der Waals surface area contributed by atoms with Crippen LogP contribution in [0.4, 0.5) is 0 Å². The van der Waals surface area contributed by atoms with Crippen LogP contribution in [0.2, 0.25) is 5.02 Å². The molecule has 3 nitrogen and oxygen atoms in total. The van der Waals surface area contributed by atoms with Gasteiger partial charge in [0.1, 0.15) is 5.75 Å². The molecule has 0 aliphatic rings. The van der Waals surface area contributed by atoms with Crippen molar-refractivity contribution >= 4 is 11.6 Å². The van der Waals surface area contributed by atoms with Crippen LogP contribution in [0.1, 0.15) is 22.7 Å². The number of phenols is 1. The number of hydrogen-bond donors (Lipinski definition) is 3. The van der Waals surface area contributed by atoms with Crippen molar-refractivity contribution in [2.45, 2.75) is 19.9 Å². The fourth-order valence-electron chi connectivity index (χ4n) is 1.43. The Morgan fingerprint density at radius 1 is 1.50 bits per heavy atom. The third-order valence-corrected chi connectivity index (χ3v) is 2.69. The van der Waals surface area contributed by atoms with Crippen molar-refractivity contribution in [1.29, 1.82) is 0 Å². The van der Waals surface area contributed by atoms with Crippen molar-refractivity contribution < 1.29 is 10.2 Å². The predicted molar refractivity (Wildman–Crippen MR) is 56.6 cm³/mol. The fraction of sp³-hybridized carbons (Fsp3) is 0.400. The first-order valence-electron chi connectivity index (χ1n) is 4.34. The lowest BCUT2D eigenvalue weighted by atomic mass is 9.98. The summed E-state index contributed by atoms with van der Waals surface area (Å²) in [5.41, 5.74) is 7.58. The van der Waals surface area contributed by atoms with E-state index in [-0.39, 0.29) is 12.4 Å². The van der Waals surface area contributed by atoms with Gasteiger partial charge in [0.2, 0.25) is 0 Å². The molecule has 1 atom stereocenters. The van der Waals surface area contributed by atoms with Gasteiger partial charge >= 0.3 is 0 Å². The molecule has 0 heterocycles. The van der Waals surface area contributed by atoms with E-state index in [0.717, 1.165) is 5.56 Å². The minimum absolute atomic E-state index is 0.119. The maximum Gasteiger partial charge on any atom is 0.123 e. The summed E-state index contributed by atoms with van der Waals surface area (Å²) in [4.78, 5) is 0. The number of aliphatic hydroxyl groups excluding tert-OH is 1. The summed E-state index contributed by atoms with van der Waals surface area (Å²) >= 11 is 5.94. The number of rotatable bonds is 2. The van der Waals surface area contributed by atoms with Crippen molar-refractivity contribution in [2.24, 2.45) is 5.73 Å². The third kappa shape index (κ3) is 1.85. The smallest absolute Gasteiger partial charge is 0.123 e. The predicted octanol–water partition coefficient (Wildman–Crippen LogP) is 1.65. The SMILES string of the molecule is Cc1cc(Cl)c(C)c([C@H](N)CO)c1O. The van der Waals surface area contributed by atoms with E-state index in [9.17, 15) is 5.11 Å². The van der Waals surface area contributed by atoms with Gasteiger partial charge < -0.3 is 15.9 Å². The molecule has 1 aromatic rings. The zero-order valence-corrected chi connectivity index (χ0v) is 8.97. The largest absolute Gasteiger partial charge is 0.507 e. The van der Waals surface area contributed by atoms with E-state index in [0.29, 0.717) is 16.1 Å². The van der Waals surface area contributed by atoms with Gasteiger partial charge in [-0.1, -0.05) is 11.6 Å². The summed E-state index contributed by atoms with van der Waals surface area (Å²) < 4.78 is 0. The summed E-state index contributed by atoms with van der Waals surface area (Å²) in [5, 5.41) is 19.2. The molecule has 0 aromatic heterocycles. The Morgan fingerprint density at radius 3 is 2.57 bits per heavy atom. The summed E-state index contributed by atoms with van der Waals surface area (Å²) in [5.74, 6) is 0.119. The second kappa shape index (κ2) is 4.17. The van der Waals surface area contributed by atoms with Gasteiger partial charge in [0.05, 0.1) is 12.6 Å². The van der Waals surface area contributed by atoms with Crippen LogP contribution in [0.15, 0.2) is 6.07 Å². The first kappa shape index (κ1) is 11.3. The van der Waals surface area contributed by atoms with Gasteiger partial charge in [-0.2, -0.15) is 0 Å². The normalized spacial score (nSPS) is 12.9. The van der Waals surface area contributed by atoms with Crippen LogP contribution in [0.25, 0.3) is 0 Å². The Kier molecular flexibility index (Phi) is 3.37. The van der Waals surface area contributed by atoms with Gasteiger partial charge in [-0.05, 0) is 31.0 Å². The molecule has 0 aliphatic carbocycles. The minimum atomic E-state index is -0.590. The lowest BCUT2D eigenvalue weighted by molar-refractivity contribution is 0.264. The highest BCUT2D eigenvalue weighted by Gasteiger charge is 2.17.